The van der Waals surface area contributed by atoms with Crippen molar-refractivity contribution in [2.45, 2.75) is 17.9 Å². The number of thiophene rings is 1. The molecule has 1 aliphatic rings. The van der Waals surface area contributed by atoms with E-state index in [2.05, 4.69) is 5.32 Å². The van der Waals surface area contributed by atoms with Crippen LogP contribution in [0.25, 0.3) is 0 Å². The van der Waals surface area contributed by atoms with E-state index >= 15 is 0 Å². The fourth-order valence-electron chi connectivity index (χ4n) is 3.52. The van der Waals surface area contributed by atoms with Gasteiger partial charge in [0.2, 0.25) is 10.0 Å². The number of morpholine rings is 1. The van der Waals surface area contributed by atoms with Crippen LogP contribution in [0, 0.1) is 6.92 Å². The molecule has 32 heavy (non-hydrogen) atoms. The summed E-state index contributed by atoms with van der Waals surface area (Å²) in [6.07, 6.45) is 0. The average molecular weight is 491 g/mol. The van der Waals surface area contributed by atoms with Crippen LogP contribution in [0.2, 0.25) is 5.02 Å². The number of carbonyl (C=O) groups excluding carboxylic acids is 1. The maximum absolute atomic E-state index is 13.2. The molecule has 9 heteroatoms. The van der Waals surface area contributed by atoms with Crippen LogP contribution >= 0.6 is 22.9 Å². The van der Waals surface area contributed by atoms with Gasteiger partial charge < -0.3 is 10.1 Å². The molecule has 1 aliphatic heterocycles. The Bertz CT molecular complexity index is 1190. The summed E-state index contributed by atoms with van der Waals surface area (Å²) >= 11 is 7.78. The smallest absolute Gasteiger partial charge is 0.252 e. The minimum Gasteiger partial charge on any atom is -0.379 e. The number of ether oxygens (including phenoxy) is 1. The van der Waals surface area contributed by atoms with E-state index < -0.39 is 10.0 Å². The maximum Gasteiger partial charge on any atom is 0.252 e. The molecule has 1 fully saturated rings. The topological polar surface area (TPSA) is 75.7 Å². The molecule has 168 valence electrons. The molecular weight excluding hydrogens is 468 g/mol. The number of aryl methyl sites for hydroxylation is 1. The first-order valence-electron chi connectivity index (χ1n) is 10.1. The molecule has 1 aromatic heterocycles. The Morgan fingerprint density at radius 1 is 1.12 bits per heavy atom. The highest BCUT2D eigenvalue weighted by molar-refractivity contribution is 7.89. The molecule has 2 aromatic carbocycles. The average Bonchev–Trinajstić information content (AvgIpc) is 3.33. The number of amides is 1. The number of nitrogens with one attached hydrogen (secondary N) is 1. The number of hydrogen-bond acceptors (Lipinski definition) is 5. The van der Waals surface area contributed by atoms with E-state index in [1.54, 1.807) is 11.3 Å². The highest BCUT2D eigenvalue weighted by Gasteiger charge is 2.29. The van der Waals surface area contributed by atoms with Gasteiger partial charge in [-0.15, -0.1) is 11.3 Å². The van der Waals surface area contributed by atoms with Crippen LogP contribution in [-0.4, -0.2) is 44.9 Å². The van der Waals surface area contributed by atoms with Crippen molar-refractivity contribution in [3.63, 3.8) is 0 Å². The molecule has 3 aromatic rings. The normalized spacial score (nSPS) is 15.9. The second-order valence-corrected chi connectivity index (χ2v) is 10.8. The van der Waals surface area contributed by atoms with Gasteiger partial charge >= 0.3 is 0 Å². The van der Waals surface area contributed by atoms with E-state index in [0.717, 1.165) is 16.0 Å². The van der Waals surface area contributed by atoms with E-state index in [1.165, 1.54) is 22.5 Å². The lowest BCUT2D eigenvalue weighted by atomic mass is 10.0. The van der Waals surface area contributed by atoms with Crippen molar-refractivity contribution in [3.05, 3.63) is 86.6 Å². The molecule has 1 N–H and O–H groups in total. The van der Waals surface area contributed by atoms with Crippen molar-refractivity contribution < 1.29 is 17.9 Å². The Labute approximate surface area is 196 Å². The van der Waals surface area contributed by atoms with Crippen LogP contribution in [0.5, 0.6) is 0 Å². The summed E-state index contributed by atoms with van der Waals surface area (Å²) in [6.45, 7) is 3.17. The van der Waals surface area contributed by atoms with Crippen molar-refractivity contribution in [1.29, 1.82) is 0 Å². The zero-order valence-corrected chi connectivity index (χ0v) is 19.8. The number of rotatable bonds is 6. The van der Waals surface area contributed by atoms with Gasteiger partial charge in [-0.2, -0.15) is 4.31 Å². The second kappa shape index (κ2) is 9.72. The Morgan fingerprint density at radius 2 is 1.84 bits per heavy atom. The zero-order chi connectivity index (χ0) is 22.7. The minimum absolute atomic E-state index is 0.0725. The summed E-state index contributed by atoms with van der Waals surface area (Å²) in [5.74, 6) is -0.376. The minimum atomic E-state index is -3.83. The van der Waals surface area contributed by atoms with Gasteiger partial charge in [0.25, 0.3) is 5.91 Å². The van der Waals surface area contributed by atoms with Gasteiger partial charge in [-0.3, -0.25) is 4.79 Å². The molecule has 0 radical (unpaired) electrons. The van der Waals surface area contributed by atoms with Gasteiger partial charge in [0.05, 0.1) is 24.3 Å². The first kappa shape index (κ1) is 22.9. The van der Waals surface area contributed by atoms with Crippen LogP contribution in [0.15, 0.2) is 64.9 Å². The monoisotopic (exact) mass is 490 g/mol. The van der Waals surface area contributed by atoms with Crippen LogP contribution in [-0.2, 0) is 14.8 Å². The second-order valence-electron chi connectivity index (χ2n) is 7.49. The van der Waals surface area contributed by atoms with Gasteiger partial charge in [0, 0.05) is 23.5 Å². The molecule has 4 rings (SSSR count). The molecule has 1 saturated heterocycles. The van der Waals surface area contributed by atoms with E-state index in [4.69, 9.17) is 16.3 Å². The predicted molar refractivity (Wildman–Crippen MR) is 126 cm³/mol. The number of carbonyl (C=O) groups is 1. The molecule has 0 saturated carbocycles. The van der Waals surface area contributed by atoms with Crippen molar-refractivity contribution in [2.75, 3.05) is 26.3 Å². The summed E-state index contributed by atoms with van der Waals surface area (Å²) in [6, 6.07) is 15.9. The largest absolute Gasteiger partial charge is 0.379 e. The molecule has 6 nitrogen and oxygen atoms in total. The lowest BCUT2D eigenvalue weighted by Crippen LogP contribution is -2.40. The zero-order valence-electron chi connectivity index (χ0n) is 17.5. The first-order chi connectivity index (χ1) is 15.4. The summed E-state index contributed by atoms with van der Waals surface area (Å²) in [7, 11) is -3.83. The van der Waals surface area contributed by atoms with Gasteiger partial charge in [-0.05, 0) is 42.1 Å². The third-order valence-electron chi connectivity index (χ3n) is 5.30. The van der Waals surface area contributed by atoms with Gasteiger partial charge in [-0.25, -0.2) is 8.42 Å². The number of hydrogen-bond donors (Lipinski definition) is 1. The lowest BCUT2D eigenvalue weighted by Gasteiger charge is -2.26. The van der Waals surface area contributed by atoms with E-state index in [9.17, 15) is 13.2 Å². The van der Waals surface area contributed by atoms with Gasteiger partial charge in [-0.1, -0.05) is 47.5 Å². The van der Waals surface area contributed by atoms with Crippen molar-refractivity contribution in [2.24, 2.45) is 0 Å². The van der Waals surface area contributed by atoms with Crippen LogP contribution < -0.4 is 5.32 Å². The predicted octanol–water partition coefficient (Wildman–Crippen LogP) is 4.25. The van der Waals surface area contributed by atoms with Gasteiger partial charge in [0.1, 0.15) is 4.90 Å². The highest BCUT2D eigenvalue weighted by Crippen LogP contribution is 2.29. The number of benzene rings is 2. The summed E-state index contributed by atoms with van der Waals surface area (Å²) in [5.41, 5.74) is 2.30. The molecule has 1 atom stereocenters. The van der Waals surface area contributed by atoms with Crippen molar-refractivity contribution in [1.82, 2.24) is 9.62 Å². The van der Waals surface area contributed by atoms with Gasteiger partial charge in [0.15, 0.2) is 0 Å². The van der Waals surface area contributed by atoms with Crippen LogP contribution in [0.4, 0.5) is 0 Å². The Balaban J connectivity index is 1.63. The molecular formula is C23H23ClN2O4S2. The third kappa shape index (κ3) is 4.89. The van der Waals surface area contributed by atoms with E-state index in [0.29, 0.717) is 13.2 Å². The van der Waals surface area contributed by atoms with Crippen LogP contribution in [0.1, 0.15) is 32.4 Å². The summed E-state index contributed by atoms with van der Waals surface area (Å²) < 4.78 is 32.8. The summed E-state index contributed by atoms with van der Waals surface area (Å²) in [4.78, 5) is 14.1. The fourth-order valence-corrected chi connectivity index (χ4v) is 6.23. The maximum atomic E-state index is 13.2. The number of sulfonamides is 1. The quantitative estimate of drug-likeness (QED) is 0.560. The fraction of sp³-hybridized carbons (Fsp3) is 0.261. The highest BCUT2D eigenvalue weighted by atomic mass is 35.5. The molecule has 0 aliphatic carbocycles. The molecule has 2 heterocycles. The Hall–Kier alpha value is -2.23. The number of halogens is 1. The Morgan fingerprint density at radius 3 is 2.50 bits per heavy atom. The molecule has 1 amide bonds. The van der Waals surface area contributed by atoms with Crippen molar-refractivity contribution >= 4 is 38.9 Å². The van der Waals surface area contributed by atoms with Crippen molar-refractivity contribution in [3.8, 4) is 0 Å². The van der Waals surface area contributed by atoms with Crippen LogP contribution in [0.3, 0.4) is 0 Å². The molecule has 0 spiro atoms. The first-order valence-corrected chi connectivity index (χ1v) is 12.8. The standard InChI is InChI=1S/C23H23ClN2O4S2/c1-16-4-6-17(7-5-16)22(20-3-2-14-31-20)25-23(27)18-8-9-19(24)21(15-18)32(28,29)26-10-12-30-13-11-26/h2-9,14-15,22H,10-13H2,1H3,(H,25,27)/t22-/m1/s1. The summed E-state index contributed by atoms with van der Waals surface area (Å²) in [5, 5.41) is 5.09. The van der Waals surface area contributed by atoms with E-state index in [-0.39, 0.29) is 40.5 Å². The number of nitrogens with zero attached hydrogens (tertiary/aromatic N) is 1. The lowest BCUT2D eigenvalue weighted by molar-refractivity contribution is 0.0730. The van der Waals surface area contributed by atoms with E-state index in [1.807, 2.05) is 48.7 Å². The molecule has 0 bridgehead atoms. The third-order valence-corrected chi connectivity index (χ3v) is 8.61. The molecule has 0 unspecified atom stereocenters. The SMILES string of the molecule is Cc1ccc([C@@H](NC(=O)c2ccc(Cl)c(S(=O)(=O)N3CCOCC3)c2)c2cccs2)cc1. The Kier molecular flexibility index (Phi) is 6.97.